The van der Waals surface area contributed by atoms with E-state index in [0.717, 1.165) is 23.1 Å². The molecule has 1 unspecified atom stereocenters. The summed E-state index contributed by atoms with van der Waals surface area (Å²) in [5.41, 5.74) is 1.61. The van der Waals surface area contributed by atoms with Crippen LogP contribution in [0.1, 0.15) is 44.9 Å². The predicted molar refractivity (Wildman–Crippen MR) is 119 cm³/mol. The van der Waals surface area contributed by atoms with Crippen molar-refractivity contribution in [2.24, 2.45) is 0 Å². The van der Waals surface area contributed by atoms with Crippen LogP contribution in [0, 0.1) is 0 Å². The fourth-order valence-corrected chi connectivity index (χ4v) is 5.47. The highest BCUT2D eigenvalue weighted by molar-refractivity contribution is 7.85. The minimum Gasteiger partial charge on any atom is -0.504 e. The summed E-state index contributed by atoms with van der Waals surface area (Å²) >= 11 is 2.31. The number of aromatic hydroxyl groups is 1. The minimum atomic E-state index is -1.40. The molecule has 29 heavy (non-hydrogen) atoms. The molecule has 3 N–H and O–H groups in total. The highest BCUT2D eigenvalue weighted by Gasteiger charge is 2.22. The second kappa shape index (κ2) is 9.70. The molecule has 0 aliphatic heterocycles. The maximum atomic E-state index is 12.6. The van der Waals surface area contributed by atoms with Gasteiger partial charge >= 0.3 is 0 Å². The number of thiophene rings is 1. The van der Waals surface area contributed by atoms with Crippen LogP contribution in [-0.2, 0) is 17.5 Å². The summed E-state index contributed by atoms with van der Waals surface area (Å²) in [5.74, 6) is 2.26. The van der Waals surface area contributed by atoms with Gasteiger partial charge in [0.05, 0.1) is 30.2 Å². The minimum absolute atomic E-state index is 0.0215. The van der Waals surface area contributed by atoms with E-state index < -0.39 is 11.0 Å². The van der Waals surface area contributed by atoms with Crippen LogP contribution in [-0.4, -0.2) is 35.5 Å². The lowest BCUT2D eigenvalue weighted by atomic mass is 10.1. The monoisotopic (exact) mass is 455 g/mol. The van der Waals surface area contributed by atoms with Crippen LogP contribution in [0.15, 0.2) is 26.3 Å². The average molecular weight is 456 g/mol. The molecular weight excluding hydrogens is 430 g/mol. The van der Waals surface area contributed by atoms with Gasteiger partial charge in [-0.15, -0.1) is 11.3 Å². The molecule has 0 aromatic carbocycles. The summed E-state index contributed by atoms with van der Waals surface area (Å²) in [4.78, 5) is 0. The Morgan fingerprint density at radius 2 is 2.00 bits per heavy atom. The number of furan rings is 1. The Morgan fingerprint density at radius 3 is 2.66 bits per heavy atom. The predicted octanol–water partition coefficient (Wildman–Crippen LogP) is 4.74. The Morgan fingerprint density at radius 1 is 1.28 bits per heavy atom. The van der Waals surface area contributed by atoms with Crippen molar-refractivity contribution in [2.75, 3.05) is 23.7 Å². The number of nitrogens with zero attached hydrogens (tertiary/aromatic N) is 3. The molecule has 3 aromatic rings. The second-order valence-corrected chi connectivity index (χ2v) is 9.68. The first-order chi connectivity index (χ1) is 13.9. The van der Waals surface area contributed by atoms with Crippen molar-refractivity contribution in [3.05, 3.63) is 29.0 Å². The smallest absolute Gasteiger partial charge is 0.188 e. The van der Waals surface area contributed by atoms with Crippen LogP contribution in [0.5, 0.6) is 5.75 Å². The van der Waals surface area contributed by atoms with Crippen molar-refractivity contribution in [3.8, 4) is 5.75 Å². The molecule has 3 rings (SSSR count). The van der Waals surface area contributed by atoms with Gasteiger partial charge in [0, 0.05) is 18.5 Å². The Labute approximate surface area is 180 Å². The van der Waals surface area contributed by atoms with E-state index in [-0.39, 0.29) is 5.75 Å². The lowest BCUT2D eigenvalue weighted by Gasteiger charge is -2.15. The van der Waals surface area contributed by atoms with Gasteiger partial charge in [-0.25, -0.2) is 8.51 Å². The van der Waals surface area contributed by atoms with Crippen molar-refractivity contribution in [2.45, 2.75) is 44.4 Å². The average Bonchev–Trinajstić information content (AvgIpc) is 3.42. The first-order valence-corrected chi connectivity index (χ1v) is 12.0. The van der Waals surface area contributed by atoms with Crippen LogP contribution in [0.25, 0.3) is 0 Å². The van der Waals surface area contributed by atoms with Gasteiger partial charge in [0.25, 0.3) is 0 Å². The molecule has 0 saturated carbocycles. The van der Waals surface area contributed by atoms with E-state index in [9.17, 15) is 9.32 Å². The third-order valence-electron chi connectivity index (χ3n) is 4.34. The van der Waals surface area contributed by atoms with Gasteiger partial charge in [0.15, 0.2) is 21.6 Å². The van der Waals surface area contributed by atoms with Crippen LogP contribution < -0.4 is 10.6 Å². The molecule has 1 atom stereocenters. The number of hydrogen-bond acceptors (Lipinski definition) is 9. The summed E-state index contributed by atoms with van der Waals surface area (Å²) in [6.07, 6.45) is 1.76. The van der Waals surface area contributed by atoms with E-state index in [4.69, 9.17) is 4.42 Å². The Kier molecular flexibility index (Phi) is 7.28. The van der Waals surface area contributed by atoms with Crippen LogP contribution in [0.3, 0.4) is 0 Å². The van der Waals surface area contributed by atoms with E-state index in [1.54, 1.807) is 15.9 Å². The van der Waals surface area contributed by atoms with Crippen molar-refractivity contribution in [1.82, 2.24) is 13.1 Å². The van der Waals surface area contributed by atoms with Crippen molar-refractivity contribution in [1.29, 1.82) is 0 Å². The Bertz CT molecular complexity index is 962. The van der Waals surface area contributed by atoms with E-state index >= 15 is 0 Å². The summed E-state index contributed by atoms with van der Waals surface area (Å²) in [7, 11) is -1.40. The molecule has 0 aliphatic rings. The van der Waals surface area contributed by atoms with Crippen molar-refractivity contribution < 1.29 is 13.7 Å². The standard InChI is InChI=1S/C18H25N5O3S3/c1-5-23(6-2)29(25)18-15(24)14(10-27-18)20-17-16(21-28-22-17)19-8-13-7-12(9-26-13)11(3)4/h7,9-11,24H,5-6,8H2,1-4H3,(H,19,21)(H,20,22). The molecule has 0 spiro atoms. The summed E-state index contributed by atoms with van der Waals surface area (Å²) < 4.78 is 28.9. The summed E-state index contributed by atoms with van der Waals surface area (Å²) in [5, 5.41) is 18.6. The van der Waals surface area contributed by atoms with Crippen molar-refractivity contribution in [3.63, 3.8) is 0 Å². The van der Waals surface area contributed by atoms with Gasteiger partial charge in [0.1, 0.15) is 16.7 Å². The molecule has 0 aliphatic carbocycles. The third kappa shape index (κ3) is 4.97. The molecule has 0 radical (unpaired) electrons. The second-order valence-electron chi connectivity index (χ2n) is 6.59. The van der Waals surface area contributed by atoms with E-state index in [0.29, 0.717) is 47.1 Å². The SMILES string of the molecule is CCN(CC)S(=O)c1scc(Nc2nsnc2NCc2cc(C(C)C)co2)c1O. The summed E-state index contributed by atoms with van der Waals surface area (Å²) in [6.45, 7) is 9.85. The van der Waals surface area contributed by atoms with Crippen LogP contribution in [0.2, 0.25) is 0 Å². The summed E-state index contributed by atoms with van der Waals surface area (Å²) in [6, 6.07) is 2.02. The normalized spacial score (nSPS) is 12.6. The largest absolute Gasteiger partial charge is 0.504 e. The number of nitrogens with one attached hydrogen (secondary N) is 2. The van der Waals surface area contributed by atoms with Gasteiger partial charge in [-0.3, -0.25) is 0 Å². The fourth-order valence-electron chi connectivity index (χ4n) is 2.60. The number of rotatable bonds is 10. The first kappa shape index (κ1) is 21.8. The number of anilines is 3. The molecule has 0 amide bonds. The molecule has 11 heteroatoms. The fraction of sp³-hybridized carbons (Fsp3) is 0.444. The molecule has 0 saturated heterocycles. The van der Waals surface area contributed by atoms with Gasteiger partial charge in [-0.2, -0.15) is 8.75 Å². The van der Waals surface area contributed by atoms with E-state index in [1.165, 1.54) is 11.3 Å². The van der Waals surface area contributed by atoms with Gasteiger partial charge in [0.2, 0.25) is 0 Å². The van der Waals surface area contributed by atoms with Gasteiger partial charge < -0.3 is 20.2 Å². The first-order valence-electron chi connectivity index (χ1n) is 9.32. The molecule has 0 bridgehead atoms. The topological polar surface area (TPSA) is 104 Å². The molecule has 3 heterocycles. The maximum absolute atomic E-state index is 12.6. The van der Waals surface area contributed by atoms with E-state index in [2.05, 4.69) is 33.2 Å². The Hall–Kier alpha value is -1.95. The van der Waals surface area contributed by atoms with Crippen molar-refractivity contribution >= 4 is 51.4 Å². The van der Waals surface area contributed by atoms with E-state index in [1.807, 2.05) is 19.9 Å². The molecule has 158 valence electrons. The zero-order chi connectivity index (χ0) is 21.0. The quantitative estimate of drug-likeness (QED) is 0.405. The van der Waals surface area contributed by atoms with Crippen LogP contribution in [0.4, 0.5) is 17.3 Å². The van der Waals surface area contributed by atoms with Gasteiger partial charge in [-0.1, -0.05) is 27.7 Å². The number of aromatic nitrogens is 2. The molecule has 3 aromatic heterocycles. The maximum Gasteiger partial charge on any atom is 0.188 e. The highest BCUT2D eigenvalue weighted by Crippen LogP contribution is 2.39. The third-order valence-corrected chi connectivity index (χ3v) is 7.84. The highest BCUT2D eigenvalue weighted by atomic mass is 32.2. The molecular formula is C18H25N5O3S3. The lowest BCUT2D eigenvalue weighted by Crippen LogP contribution is -2.24. The molecule has 8 nitrogen and oxygen atoms in total. The number of hydrogen-bond donors (Lipinski definition) is 3. The zero-order valence-electron chi connectivity index (χ0n) is 16.8. The Balaban J connectivity index is 1.69. The zero-order valence-corrected chi connectivity index (χ0v) is 19.2. The molecule has 0 fully saturated rings. The lowest BCUT2D eigenvalue weighted by molar-refractivity contribution is 0.459. The van der Waals surface area contributed by atoms with Crippen LogP contribution >= 0.6 is 23.1 Å². The van der Waals surface area contributed by atoms with Gasteiger partial charge in [-0.05, 0) is 17.5 Å².